The predicted octanol–water partition coefficient (Wildman–Crippen LogP) is 4.25. The van der Waals surface area contributed by atoms with E-state index >= 15 is 0 Å². The smallest absolute Gasteiger partial charge is 0.224 e. The Balaban J connectivity index is 0.00000288. The molecular weight excluding hydrogens is 388 g/mol. The Labute approximate surface area is 158 Å². The van der Waals surface area contributed by atoms with E-state index in [2.05, 4.69) is 33.4 Å². The molecule has 0 aliphatic carbocycles. The second-order valence-corrected chi connectivity index (χ2v) is 6.88. The molecule has 0 aromatic heterocycles. The number of halogens is 2. The summed E-state index contributed by atoms with van der Waals surface area (Å²) < 4.78 is 1.05. The van der Waals surface area contributed by atoms with E-state index in [0.29, 0.717) is 0 Å². The summed E-state index contributed by atoms with van der Waals surface area (Å²) in [6, 6.07) is 17.6. The second-order valence-electron chi connectivity index (χ2n) is 5.97. The Morgan fingerprint density at radius 2 is 1.79 bits per heavy atom. The zero-order valence-electron chi connectivity index (χ0n) is 13.9. The number of carbonyl (C=O) groups is 1. The number of amides is 1. The Bertz CT molecular complexity index is 651. The molecule has 24 heavy (non-hydrogen) atoms. The van der Waals surface area contributed by atoms with Gasteiger partial charge in [-0.25, -0.2) is 0 Å². The van der Waals surface area contributed by atoms with Gasteiger partial charge in [-0.15, -0.1) is 12.4 Å². The van der Waals surface area contributed by atoms with Crippen LogP contribution >= 0.6 is 28.3 Å². The fourth-order valence-electron chi connectivity index (χ4n) is 2.57. The largest absolute Gasteiger partial charge is 0.353 e. The number of hydrogen-bond acceptors (Lipinski definition) is 2. The van der Waals surface area contributed by atoms with Crippen LogP contribution < -0.4 is 11.1 Å². The topological polar surface area (TPSA) is 55.1 Å². The third kappa shape index (κ3) is 5.93. The molecule has 3 nitrogen and oxygen atoms in total. The van der Waals surface area contributed by atoms with Gasteiger partial charge in [0.15, 0.2) is 0 Å². The van der Waals surface area contributed by atoms with Crippen molar-refractivity contribution in [2.75, 3.05) is 0 Å². The standard InChI is InChI=1S/C19H23BrN2O.ClH/c1-13(11-15-7-6-10-17(20)12-15)22-19(23)14(2)18(21)16-8-4-3-5-9-16;/h3-10,12-14,18H,11,21H2,1-2H3,(H,22,23);1H. The zero-order chi connectivity index (χ0) is 16.8. The maximum Gasteiger partial charge on any atom is 0.224 e. The minimum atomic E-state index is -0.297. The lowest BCUT2D eigenvalue weighted by atomic mass is 9.94. The molecule has 0 aliphatic heterocycles. The number of nitrogens with one attached hydrogen (secondary N) is 1. The molecule has 0 saturated carbocycles. The molecular formula is C19H24BrClN2O. The highest BCUT2D eigenvalue weighted by molar-refractivity contribution is 9.10. The highest BCUT2D eigenvalue weighted by Gasteiger charge is 2.23. The number of rotatable bonds is 6. The van der Waals surface area contributed by atoms with Crippen LogP contribution in [0.2, 0.25) is 0 Å². The molecule has 0 heterocycles. The molecule has 3 N–H and O–H groups in total. The van der Waals surface area contributed by atoms with Gasteiger partial charge in [0.2, 0.25) is 5.91 Å². The summed E-state index contributed by atoms with van der Waals surface area (Å²) in [7, 11) is 0. The van der Waals surface area contributed by atoms with Crippen LogP contribution in [0.25, 0.3) is 0 Å². The van der Waals surface area contributed by atoms with E-state index in [1.54, 1.807) is 0 Å². The van der Waals surface area contributed by atoms with Crippen molar-refractivity contribution in [2.45, 2.75) is 32.4 Å². The quantitative estimate of drug-likeness (QED) is 0.746. The lowest BCUT2D eigenvalue weighted by molar-refractivity contribution is -0.125. The molecule has 0 bridgehead atoms. The summed E-state index contributed by atoms with van der Waals surface area (Å²) in [4.78, 5) is 12.4. The van der Waals surface area contributed by atoms with Gasteiger partial charge in [-0.05, 0) is 36.6 Å². The van der Waals surface area contributed by atoms with Crippen LogP contribution in [0.1, 0.15) is 31.0 Å². The van der Waals surface area contributed by atoms with Crippen LogP contribution in [-0.2, 0) is 11.2 Å². The molecule has 0 spiro atoms. The molecule has 0 fully saturated rings. The van der Waals surface area contributed by atoms with E-state index in [9.17, 15) is 4.79 Å². The van der Waals surface area contributed by atoms with Gasteiger partial charge < -0.3 is 11.1 Å². The second kappa shape index (κ2) is 9.82. The van der Waals surface area contributed by atoms with E-state index in [-0.39, 0.29) is 36.3 Å². The molecule has 2 aromatic rings. The molecule has 5 heteroatoms. The van der Waals surface area contributed by atoms with Gasteiger partial charge in [-0.1, -0.05) is 65.3 Å². The molecule has 0 saturated heterocycles. The number of carbonyl (C=O) groups excluding carboxylic acids is 1. The number of nitrogens with two attached hydrogens (primary N) is 1. The van der Waals surface area contributed by atoms with E-state index in [1.165, 1.54) is 5.56 Å². The Morgan fingerprint density at radius 1 is 1.12 bits per heavy atom. The van der Waals surface area contributed by atoms with Crippen LogP contribution in [0, 0.1) is 5.92 Å². The maximum absolute atomic E-state index is 12.4. The molecule has 3 atom stereocenters. The Morgan fingerprint density at radius 3 is 2.42 bits per heavy atom. The normalized spacial score (nSPS) is 14.2. The fraction of sp³-hybridized carbons (Fsp3) is 0.316. The summed E-state index contributed by atoms with van der Waals surface area (Å²) >= 11 is 3.47. The lowest BCUT2D eigenvalue weighted by Crippen LogP contribution is -2.41. The van der Waals surface area contributed by atoms with Crippen molar-refractivity contribution in [3.8, 4) is 0 Å². The van der Waals surface area contributed by atoms with Gasteiger partial charge in [0.05, 0.1) is 5.92 Å². The molecule has 0 aliphatic rings. The Kier molecular flexibility index (Phi) is 8.46. The summed E-state index contributed by atoms with van der Waals surface area (Å²) in [5.74, 6) is -0.286. The van der Waals surface area contributed by atoms with Crippen molar-refractivity contribution >= 4 is 34.2 Å². The highest BCUT2D eigenvalue weighted by Crippen LogP contribution is 2.19. The van der Waals surface area contributed by atoms with Gasteiger partial charge in [0.1, 0.15) is 0 Å². The first kappa shape index (κ1) is 20.7. The molecule has 1 amide bonds. The molecule has 3 unspecified atom stereocenters. The zero-order valence-corrected chi connectivity index (χ0v) is 16.3. The van der Waals surface area contributed by atoms with Gasteiger partial charge in [-0.2, -0.15) is 0 Å². The van der Waals surface area contributed by atoms with Crippen molar-refractivity contribution in [3.05, 3.63) is 70.2 Å². The van der Waals surface area contributed by atoms with Crippen molar-refractivity contribution < 1.29 is 4.79 Å². The molecule has 2 rings (SSSR count). The average Bonchev–Trinajstić information content (AvgIpc) is 2.54. The molecule has 130 valence electrons. The van der Waals surface area contributed by atoms with Crippen molar-refractivity contribution in [2.24, 2.45) is 11.7 Å². The summed E-state index contributed by atoms with van der Waals surface area (Å²) in [6.07, 6.45) is 0.790. The van der Waals surface area contributed by atoms with Crippen LogP contribution in [0.4, 0.5) is 0 Å². The minimum Gasteiger partial charge on any atom is -0.353 e. The van der Waals surface area contributed by atoms with E-state index in [0.717, 1.165) is 16.5 Å². The maximum atomic E-state index is 12.4. The number of hydrogen-bond donors (Lipinski definition) is 2. The minimum absolute atomic E-state index is 0. The SMILES string of the molecule is CC(Cc1cccc(Br)c1)NC(=O)C(C)C(N)c1ccccc1.Cl. The van der Waals surface area contributed by atoms with E-state index < -0.39 is 0 Å². The molecule has 2 aromatic carbocycles. The summed E-state index contributed by atoms with van der Waals surface area (Å²) in [6.45, 7) is 3.89. The monoisotopic (exact) mass is 410 g/mol. The van der Waals surface area contributed by atoms with E-state index in [4.69, 9.17) is 5.73 Å². The van der Waals surface area contributed by atoms with Gasteiger partial charge in [-0.3, -0.25) is 4.79 Å². The third-order valence-electron chi connectivity index (χ3n) is 3.96. The first-order chi connectivity index (χ1) is 11.0. The summed E-state index contributed by atoms with van der Waals surface area (Å²) in [5.41, 5.74) is 8.39. The average molecular weight is 412 g/mol. The highest BCUT2D eigenvalue weighted by atomic mass is 79.9. The van der Waals surface area contributed by atoms with Crippen LogP contribution in [-0.4, -0.2) is 11.9 Å². The third-order valence-corrected chi connectivity index (χ3v) is 4.45. The first-order valence-corrected chi connectivity index (χ1v) is 8.62. The summed E-state index contributed by atoms with van der Waals surface area (Å²) in [5, 5.41) is 3.06. The van der Waals surface area contributed by atoms with E-state index in [1.807, 2.05) is 56.3 Å². The van der Waals surface area contributed by atoms with Crippen LogP contribution in [0.15, 0.2) is 59.1 Å². The predicted molar refractivity (Wildman–Crippen MR) is 105 cm³/mol. The van der Waals surface area contributed by atoms with Crippen molar-refractivity contribution in [1.82, 2.24) is 5.32 Å². The van der Waals surface area contributed by atoms with Gasteiger partial charge >= 0.3 is 0 Å². The van der Waals surface area contributed by atoms with Gasteiger partial charge in [0.25, 0.3) is 0 Å². The molecule has 0 radical (unpaired) electrons. The Hall–Kier alpha value is -1.36. The van der Waals surface area contributed by atoms with Crippen LogP contribution in [0.5, 0.6) is 0 Å². The first-order valence-electron chi connectivity index (χ1n) is 7.82. The van der Waals surface area contributed by atoms with Crippen molar-refractivity contribution in [1.29, 1.82) is 0 Å². The van der Waals surface area contributed by atoms with Crippen LogP contribution in [0.3, 0.4) is 0 Å². The number of benzene rings is 2. The van der Waals surface area contributed by atoms with Crippen molar-refractivity contribution in [3.63, 3.8) is 0 Å². The lowest BCUT2D eigenvalue weighted by Gasteiger charge is -2.22. The van der Waals surface area contributed by atoms with Gasteiger partial charge in [0, 0.05) is 16.6 Å². The fourth-order valence-corrected chi connectivity index (χ4v) is 3.02.